The Labute approximate surface area is 788 Å². The molecule has 0 atom stereocenters. The van der Waals surface area contributed by atoms with Crippen molar-refractivity contribution in [3.05, 3.63) is 446 Å². The van der Waals surface area contributed by atoms with Crippen molar-refractivity contribution >= 4 is 190 Å². The molecular formula is C120H110B4N8. The van der Waals surface area contributed by atoms with Crippen molar-refractivity contribution in [3.8, 4) is 0 Å². The van der Waals surface area contributed by atoms with Crippen molar-refractivity contribution in [3.63, 3.8) is 0 Å². The first-order valence-corrected chi connectivity index (χ1v) is 46.7. The Morgan fingerprint density at radius 2 is 0.227 bits per heavy atom. The van der Waals surface area contributed by atoms with Gasteiger partial charge in [-0.15, -0.1) is 0 Å². The third-order valence-electron chi connectivity index (χ3n) is 24.8. The van der Waals surface area contributed by atoms with Gasteiger partial charge in [0, 0.05) is 136 Å². The van der Waals surface area contributed by atoms with Crippen LogP contribution >= 0.6 is 0 Å². The summed E-state index contributed by atoms with van der Waals surface area (Å²) >= 11 is 0. The molecule has 642 valence electrons. The first-order valence-electron chi connectivity index (χ1n) is 46.7. The van der Waals surface area contributed by atoms with Crippen LogP contribution in [0.4, 0.5) is 136 Å². The minimum absolute atomic E-state index is 0.694. The molecule has 0 amide bonds. The maximum atomic E-state index is 6.34. The number of hydrogen-bond donors (Lipinski definition) is 0. The Hall–Kier alpha value is -14.6. The molecule has 0 heterocycles. The summed E-state index contributed by atoms with van der Waals surface area (Å²) < 4.78 is 0. The van der Waals surface area contributed by atoms with Crippen molar-refractivity contribution in [2.45, 2.75) is 119 Å². The Balaban J connectivity index is 0.705. The third kappa shape index (κ3) is 21.1. The highest BCUT2D eigenvalue weighted by atomic mass is 15.2. The van der Waals surface area contributed by atoms with E-state index in [4.69, 9.17) is 31.4 Å². The number of nitrogens with zero attached hydrogens (tertiary/aromatic N) is 8. The molecule has 8 nitrogen and oxygen atoms in total. The van der Waals surface area contributed by atoms with E-state index in [0.29, 0.717) is 16.4 Å². The summed E-state index contributed by atoms with van der Waals surface area (Å²) in [5.41, 5.74) is 35.1. The minimum atomic E-state index is 0.694. The fraction of sp³-hybridized carbons (Fsp3) is 0.150. The molecule has 0 aliphatic rings. The summed E-state index contributed by atoms with van der Waals surface area (Å²) in [4.78, 5) is 18.7. The number of benzene rings is 17. The zero-order valence-corrected chi connectivity index (χ0v) is 76.6. The lowest BCUT2D eigenvalue weighted by Gasteiger charge is -2.31. The number of unbranched alkanes of at least 4 members (excludes halogenated alkanes) is 4. The van der Waals surface area contributed by atoms with Gasteiger partial charge in [-0.3, -0.25) is 0 Å². The van der Waals surface area contributed by atoms with E-state index in [1.165, 1.54) is 33.4 Å². The van der Waals surface area contributed by atoms with Crippen LogP contribution in [0.5, 0.6) is 0 Å². The molecule has 0 unspecified atom stereocenters. The molecule has 0 aromatic heterocycles. The van der Waals surface area contributed by atoms with E-state index in [0.717, 1.165) is 219 Å². The highest BCUT2D eigenvalue weighted by molar-refractivity contribution is 6.33. The molecule has 17 aromatic carbocycles. The molecule has 0 bridgehead atoms. The highest BCUT2D eigenvalue weighted by Crippen LogP contribution is 2.48. The van der Waals surface area contributed by atoms with Crippen LogP contribution in [-0.4, -0.2) is 31.4 Å². The molecule has 0 aliphatic heterocycles. The van der Waals surface area contributed by atoms with E-state index in [9.17, 15) is 0 Å². The Bertz CT molecular complexity index is 6490. The van der Waals surface area contributed by atoms with Crippen molar-refractivity contribution in [2.24, 2.45) is 0 Å². The van der Waals surface area contributed by atoms with Gasteiger partial charge in [-0.25, -0.2) is 0 Å². The monoisotopic (exact) mass is 1710 g/mol. The summed E-state index contributed by atoms with van der Waals surface area (Å²) in [6, 6.07) is 149. The molecule has 8 radical (unpaired) electrons. The smallest absolute Gasteiger partial charge is 0.113 e. The average molecular weight is 1710 g/mol. The van der Waals surface area contributed by atoms with Crippen LogP contribution in [0.1, 0.15) is 112 Å². The van der Waals surface area contributed by atoms with E-state index < -0.39 is 0 Å². The standard InChI is InChI=1S/C120H110B4N8/c1-7-11-15-89-23-43-99(44-24-89)127(103-51-31-93(121)32-52-103)111-67-77-116(78-68-111)130(102-49-29-92(30-50-102)18-14-10-4)115-75-61-108(62-76-115)125(97-39-19-87(5)20-40-97)107-59-71-113(72-60-107)129(101-47-27-91(28-48-101)17-13-9-3)114-73-63-109(64-74-114)126(98-41-21-88(6)22-42-98)110-65-81-118(82-66-110)132(120-85-79-117(80-86-120)131(105-55-35-95(123)36-56-105)106-57-37-96(124)38-58-106)119-83-69-112(70-84-119)128(104-53-33-94(122)34-54-104)100-45-25-90(26-46-100)16-12-8-2/h19-86H,7-18H2,1-6H3. The average Bonchev–Trinajstić information content (AvgIpc) is 0.778. The van der Waals surface area contributed by atoms with Gasteiger partial charge in [-0.2, -0.15) is 0 Å². The minimum Gasteiger partial charge on any atom is -0.311 e. The van der Waals surface area contributed by atoms with Crippen LogP contribution < -0.4 is 61.1 Å². The maximum absolute atomic E-state index is 6.34. The fourth-order valence-electron chi connectivity index (χ4n) is 17.5. The van der Waals surface area contributed by atoms with E-state index in [-0.39, 0.29) is 0 Å². The van der Waals surface area contributed by atoms with Crippen LogP contribution in [0.2, 0.25) is 0 Å². The number of anilines is 24. The summed E-state index contributed by atoms with van der Waals surface area (Å²) in [7, 11) is 25.2. The van der Waals surface area contributed by atoms with Gasteiger partial charge < -0.3 is 39.2 Å². The lowest BCUT2D eigenvalue weighted by atomic mass is 9.95. The second-order valence-corrected chi connectivity index (χ2v) is 34.4. The molecule has 17 aromatic rings. The van der Waals surface area contributed by atoms with Crippen LogP contribution in [0, 0.1) is 13.8 Å². The molecule has 0 fully saturated rings. The van der Waals surface area contributed by atoms with Crippen LogP contribution in [0.15, 0.2) is 413 Å². The first-order chi connectivity index (χ1) is 64.7. The lowest BCUT2D eigenvalue weighted by molar-refractivity contribution is 0.795. The zero-order chi connectivity index (χ0) is 90.8. The van der Waals surface area contributed by atoms with Gasteiger partial charge in [0.25, 0.3) is 0 Å². The maximum Gasteiger partial charge on any atom is 0.113 e. The van der Waals surface area contributed by atoms with Crippen molar-refractivity contribution in [1.29, 1.82) is 0 Å². The Morgan fingerprint density at radius 3 is 0.333 bits per heavy atom. The molecular weight excluding hydrogens is 1600 g/mol. The molecule has 12 heteroatoms. The fourth-order valence-corrected chi connectivity index (χ4v) is 17.5. The summed E-state index contributed by atoms with van der Waals surface area (Å²) in [5, 5.41) is 0. The third-order valence-corrected chi connectivity index (χ3v) is 24.8. The second-order valence-electron chi connectivity index (χ2n) is 34.4. The van der Waals surface area contributed by atoms with Crippen LogP contribution in [-0.2, 0) is 25.7 Å². The van der Waals surface area contributed by atoms with Gasteiger partial charge in [0.05, 0.1) is 0 Å². The van der Waals surface area contributed by atoms with Crippen molar-refractivity contribution < 1.29 is 0 Å². The van der Waals surface area contributed by atoms with Gasteiger partial charge >= 0.3 is 0 Å². The number of hydrogen-bond acceptors (Lipinski definition) is 8. The van der Waals surface area contributed by atoms with Crippen molar-refractivity contribution in [1.82, 2.24) is 0 Å². The number of aryl methyl sites for hydroxylation is 6. The summed E-state index contributed by atoms with van der Waals surface area (Å²) in [6.07, 6.45) is 13.4. The second kappa shape index (κ2) is 42.3. The van der Waals surface area contributed by atoms with E-state index in [1.54, 1.807) is 0 Å². The van der Waals surface area contributed by atoms with Gasteiger partial charge in [0.2, 0.25) is 0 Å². The normalized spacial score (nSPS) is 11.1. The topological polar surface area (TPSA) is 25.9 Å². The van der Waals surface area contributed by atoms with Crippen molar-refractivity contribution in [2.75, 3.05) is 39.2 Å². The molecule has 0 N–H and O–H groups in total. The number of rotatable bonds is 36. The Kier molecular flexibility index (Phi) is 28.7. The van der Waals surface area contributed by atoms with E-state index >= 15 is 0 Å². The van der Waals surface area contributed by atoms with Crippen LogP contribution in [0.3, 0.4) is 0 Å². The van der Waals surface area contributed by atoms with Gasteiger partial charge in [-0.1, -0.05) is 208 Å². The molecule has 132 heavy (non-hydrogen) atoms. The van der Waals surface area contributed by atoms with E-state index in [2.05, 4.69) is 445 Å². The highest BCUT2D eigenvalue weighted by Gasteiger charge is 2.25. The van der Waals surface area contributed by atoms with Gasteiger partial charge in [-0.05, 0) is 379 Å². The predicted molar refractivity (Wildman–Crippen MR) is 569 cm³/mol. The van der Waals surface area contributed by atoms with E-state index in [1.807, 2.05) is 48.5 Å². The largest absolute Gasteiger partial charge is 0.311 e. The first kappa shape index (κ1) is 89.4. The molecule has 0 saturated carbocycles. The van der Waals surface area contributed by atoms with Gasteiger partial charge in [0.1, 0.15) is 31.4 Å². The quantitative estimate of drug-likeness (QED) is 0.0359. The molecule has 17 rings (SSSR count). The lowest BCUT2D eigenvalue weighted by Crippen LogP contribution is -2.15. The predicted octanol–water partition coefficient (Wildman–Crippen LogP) is 30.6. The zero-order valence-electron chi connectivity index (χ0n) is 76.6. The molecule has 0 spiro atoms. The SMILES string of the molecule is [B]c1ccc(N(c2ccc([B])cc2)c2ccc(N(c3ccc(N(c4ccc([B])cc4)c4ccc(CCCC)cc4)cc3)c3ccc(N(c4ccc(C)cc4)c4ccc(N(c5ccc(CCCC)cc5)c5ccc(N(c6ccc(C)cc6)c6ccc(N(c7ccc(CCCC)cc7)c7ccc(N(c8ccc([B])cc8)c8ccc(CCCC)cc8)cc7)cc6)cc5)cc4)cc3)cc2)cc1. The summed E-state index contributed by atoms with van der Waals surface area (Å²) in [6.45, 7) is 13.3. The van der Waals surface area contributed by atoms with Crippen LogP contribution in [0.25, 0.3) is 0 Å². The Morgan fingerprint density at radius 1 is 0.136 bits per heavy atom. The molecule has 0 saturated heterocycles. The molecule has 0 aliphatic carbocycles. The van der Waals surface area contributed by atoms with Gasteiger partial charge in [0.15, 0.2) is 0 Å². The summed E-state index contributed by atoms with van der Waals surface area (Å²) in [5.74, 6) is 0.